The van der Waals surface area contributed by atoms with Crippen LogP contribution in [0, 0.1) is 0 Å². The van der Waals surface area contributed by atoms with Crippen molar-refractivity contribution in [3.05, 3.63) is 35.9 Å². The van der Waals surface area contributed by atoms with E-state index in [9.17, 15) is 4.79 Å². The number of carbonyl (C=O) groups excluding carboxylic acids is 1. The van der Waals surface area contributed by atoms with Crippen LogP contribution in [0.4, 0.5) is 0 Å². The summed E-state index contributed by atoms with van der Waals surface area (Å²) in [4.78, 5) is 14.5. The van der Waals surface area contributed by atoms with Crippen molar-refractivity contribution in [3.8, 4) is 0 Å². The van der Waals surface area contributed by atoms with E-state index in [2.05, 4.69) is 11.8 Å². The molecule has 1 aromatic rings. The maximum Gasteiger partial charge on any atom is 0.164 e. The van der Waals surface area contributed by atoms with Crippen molar-refractivity contribution < 1.29 is 4.79 Å². The van der Waals surface area contributed by atoms with Gasteiger partial charge in [0.25, 0.3) is 0 Å². The molecule has 1 unspecified atom stereocenters. The summed E-state index contributed by atoms with van der Waals surface area (Å²) in [5.41, 5.74) is 0.844. The molecule has 0 radical (unpaired) electrons. The van der Waals surface area contributed by atoms with Gasteiger partial charge >= 0.3 is 0 Å². The average molecular weight is 231 g/mol. The fraction of sp³-hybridized carbons (Fsp3) is 0.533. The smallest absolute Gasteiger partial charge is 0.164 e. The van der Waals surface area contributed by atoms with Gasteiger partial charge in [-0.15, -0.1) is 0 Å². The summed E-state index contributed by atoms with van der Waals surface area (Å²) in [7, 11) is 0. The predicted octanol–water partition coefficient (Wildman–Crippen LogP) is 3.13. The summed E-state index contributed by atoms with van der Waals surface area (Å²) in [6, 6.07) is 10.0. The highest BCUT2D eigenvalue weighted by atomic mass is 16.1. The third kappa shape index (κ3) is 3.40. The summed E-state index contributed by atoms with van der Waals surface area (Å²) in [6.45, 7) is 4.48. The third-order valence-electron chi connectivity index (χ3n) is 3.59. The van der Waals surface area contributed by atoms with Gasteiger partial charge in [0.15, 0.2) is 5.78 Å². The Kier molecular flexibility index (Phi) is 4.32. The zero-order valence-corrected chi connectivity index (χ0v) is 10.6. The van der Waals surface area contributed by atoms with Crippen molar-refractivity contribution in [2.45, 2.75) is 38.6 Å². The topological polar surface area (TPSA) is 20.3 Å². The van der Waals surface area contributed by atoms with Crippen LogP contribution in [0.5, 0.6) is 0 Å². The molecule has 1 aliphatic heterocycles. The molecule has 0 aliphatic carbocycles. The molecule has 0 spiro atoms. The van der Waals surface area contributed by atoms with Gasteiger partial charge in [0, 0.05) is 18.0 Å². The van der Waals surface area contributed by atoms with Crippen LogP contribution in [-0.4, -0.2) is 29.8 Å². The van der Waals surface area contributed by atoms with Crippen LogP contribution < -0.4 is 0 Å². The third-order valence-corrected chi connectivity index (χ3v) is 3.59. The van der Waals surface area contributed by atoms with Crippen LogP contribution in [0.25, 0.3) is 0 Å². The number of benzene rings is 1. The number of likely N-dealkylation sites (tertiary alicyclic amines) is 1. The maximum absolute atomic E-state index is 12.1. The molecule has 2 heteroatoms. The van der Waals surface area contributed by atoms with Crippen LogP contribution >= 0.6 is 0 Å². The Bertz CT molecular complexity index is 354. The lowest BCUT2D eigenvalue weighted by Crippen LogP contribution is -2.38. The van der Waals surface area contributed by atoms with Crippen molar-refractivity contribution in [2.75, 3.05) is 13.1 Å². The van der Waals surface area contributed by atoms with Crippen molar-refractivity contribution in [3.63, 3.8) is 0 Å². The van der Waals surface area contributed by atoms with Gasteiger partial charge in [0.05, 0.1) is 0 Å². The second-order valence-electron chi connectivity index (χ2n) is 4.94. The molecule has 1 atom stereocenters. The number of hydrogen-bond acceptors (Lipinski definition) is 2. The predicted molar refractivity (Wildman–Crippen MR) is 70.3 cm³/mol. The van der Waals surface area contributed by atoms with Gasteiger partial charge in [0.2, 0.25) is 0 Å². The molecular formula is C15H21NO. The van der Waals surface area contributed by atoms with Crippen LogP contribution in [0.3, 0.4) is 0 Å². The van der Waals surface area contributed by atoms with Gasteiger partial charge in [-0.2, -0.15) is 0 Å². The molecule has 1 aromatic carbocycles. The van der Waals surface area contributed by atoms with E-state index in [1.54, 1.807) is 0 Å². The highest BCUT2D eigenvalue weighted by Gasteiger charge is 2.19. The van der Waals surface area contributed by atoms with Gasteiger partial charge in [0.1, 0.15) is 0 Å². The summed E-state index contributed by atoms with van der Waals surface area (Å²) in [5.74, 6) is 0.267. The second kappa shape index (κ2) is 5.97. The first kappa shape index (κ1) is 12.3. The van der Waals surface area contributed by atoms with E-state index in [-0.39, 0.29) is 5.78 Å². The quantitative estimate of drug-likeness (QED) is 0.742. The summed E-state index contributed by atoms with van der Waals surface area (Å²) in [5, 5.41) is 0. The van der Waals surface area contributed by atoms with Gasteiger partial charge in [-0.3, -0.25) is 4.79 Å². The molecule has 1 fully saturated rings. The molecule has 1 saturated heterocycles. The van der Waals surface area contributed by atoms with Crippen LogP contribution in [0.2, 0.25) is 0 Å². The number of hydrogen-bond donors (Lipinski definition) is 0. The Hall–Kier alpha value is -1.15. The first-order valence-electron chi connectivity index (χ1n) is 6.59. The lowest BCUT2D eigenvalue weighted by molar-refractivity contribution is 0.0911. The fourth-order valence-corrected chi connectivity index (χ4v) is 2.50. The number of nitrogens with zero attached hydrogens (tertiary/aromatic N) is 1. The number of carbonyl (C=O) groups is 1. The Morgan fingerprint density at radius 2 is 1.82 bits per heavy atom. The van der Waals surface area contributed by atoms with Crippen molar-refractivity contribution in [1.29, 1.82) is 0 Å². The van der Waals surface area contributed by atoms with E-state index >= 15 is 0 Å². The Balaban J connectivity index is 1.89. The lowest BCUT2D eigenvalue weighted by atomic mass is 10.0. The van der Waals surface area contributed by atoms with Crippen molar-refractivity contribution in [1.82, 2.24) is 4.90 Å². The Morgan fingerprint density at radius 1 is 1.18 bits per heavy atom. The molecule has 17 heavy (non-hydrogen) atoms. The number of Topliss-reactive ketones (excluding diaryl/α,β-unsaturated/α-hetero) is 1. The largest absolute Gasteiger partial charge is 0.300 e. The summed E-state index contributed by atoms with van der Waals surface area (Å²) in [6.07, 6.45) is 4.55. The SMILES string of the molecule is CC(CC(=O)c1ccccc1)N1CCCCC1. The van der Waals surface area contributed by atoms with Gasteiger partial charge < -0.3 is 4.90 Å². The number of rotatable bonds is 4. The van der Waals surface area contributed by atoms with Crippen molar-refractivity contribution >= 4 is 5.78 Å². The average Bonchev–Trinajstić information content (AvgIpc) is 2.40. The molecule has 1 aliphatic rings. The molecule has 0 aromatic heterocycles. The van der Waals surface area contributed by atoms with E-state index in [4.69, 9.17) is 0 Å². The monoisotopic (exact) mass is 231 g/mol. The normalized spacial score (nSPS) is 18.9. The summed E-state index contributed by atoms with van der Waals surface area (Å²) < 4.78 is 0. The zero-order chi connectivity index (χ0) is 12.1. The van der Waals surface area contributed by atoms with E-state index in [1.807, 2.05) is 30.3 Å². The highest BCUT2D eigenvalue weighted by Crippen LogP contribution is 2.15. The molecule has 2 rings (SSSR count). The van der Waals surface area contributed by atoms with E-state index < -0.39 is 0 Å². The first-order valence-corrected chi connectivity index (χ1v) is 6.59. The summed E-state index contributed by atoms with van der Waals surface area (Å²) >= 11 is 0. The standard InChI is InChI=1S/C15H21NO/c1-13(16-10-6-3-7-11-16)12-15(17)14-8-4-2-5-9-14/h2,4-5,8-9,13H,3,6-7,10-12H2,1H3. The minimum Gasteiger partial charge on any atom is -0.300 e. The van der Waals surface area contributed by atoms with Gasteiger partial charge in [-0.25, -0.2) is 0 Å². The molecule has 1 heterocycles. The molecule has 92 valence electrons. The van der Waals surface area contributed by atoms with Gasteiger partial charge in [-0.1, -0.05) is 36.8 Å². The highest BCUT2D eigenvalue weighted by molar-refractivity contribution is 5.96. The minimum absolute atomic E-state index is 0.267. The molecule has 2 nitrogen and oxygen atoms in total. The second-order valence-corrected chi connectivity index (χ2v) is 4.94. The lowest BCUT2D eigenvalue weighted by Gasteiger charge is -2.32. The fourth-order valence-electron chi connectivity index (χ4n) is 2.50. The zero-order valence-electron chi connectivity index (χ0n) is 10.6. The molecule has 0 N–H and O–H groups in total. The molecule has 0 bridgehead atoms. The maximum atomic E-state index is 12.1. The minimum atomic E-state index is 0.267. The van der Waals surface area contributed by atoms with Crippen LogP contribution in [0.1, 0.15) is 43.0 Å². The van der Waals surface area contributed by atoms with Gasteiger partial charge in [-0.05, 0) is 32.9 Å². The van der Waals surface area contributed by atoms with E-state index in [0.717, 1.165) is 18.7 Å². The molecule has 0 amide bonds. The van der Waals surface area contributed by atoms with Crippen LogP contribution in [0.15, 0.2) is 30.3 Å². The number of piperidine rings is 1. The number of ketones is 1. The molecule has 0 saturated carbocycles. The molecular weight excluding hydrogens is 210 g/mol. The van der Waals surface area contributed by atoms with Crippen LogP contribution in [-0.2, 0) is 0 Å². The Labute approximate surface area is 104 Å². The first-order chi connectivity index (χ1) is 8.27. The van der Waals surface area contributed by atoms with Crippen molar-refractivity contribution in [2.24, 2.45) is 0 Å². The van der Waals surface area contributed by atoms with E-state index in [1.165, 1.54) is 19.3 Å². The van der Waals surface area contributed by atoms with E-state index in [0.29, 0.717) is 12.5 Å². The Morgan fingerprint density at radius 3 is 2.47 bits per heavy atom.